The summed E-state index contributed by atoms with van der Waals surface area (Å²) in [5.41, 5.74) is 1.12. The fraction of sp³-hybridized carbons (Fsp3) is 0.375. The zero-order valence-electron chi connectivity index (χ0n) is 6.05. The average molecular weight is 137 g/mol. The first-order valence-corrected chi connectivity index (χ1v) is 3.37. The number of hydrogen-bond donors (Lipinski definition) is 1. The number of rotatable bonds is 2. The molecule has 0 unspecified atom stereocenters. The van der Waals surface area contributed by atoms with Gasteiger partial charge >= 0.3 is 0 Å². The Morgan fingerprint density at radius 3 is 3.10 bits per heavy atom. The molecule has 10 heavy (non-hydrogen) atoms. The number of dihydropyridines is 1. The molecule has 0 bridgehead atoms. The van der Waals surface area contributed by atoms with Crippen molar-refractivity contribution in [3.8, 4) is 0 Å². The van der Waals surface area contributed by atoms with Crippen LogP contribution in [0.5, 0.6) is 0 Å². The van der Waals surface area contributed by atoms with Crippen LogP contribution in [0.3, 0.4) is 0 Å². The Morgan fingerprint density at radius 2 is 2.60 bits per heavy atom. The lowest BCUT2D eigenvalue weighted by Crippen LogP contribution is -2.09. The van der Waals surface area contributed by atoms with Gasteiger partial charge in [-0.1, -0.05) is 6.08 Å². The van der Waals surface area contributed by atoms with Crippen molar-refractivity contribution < 1.29 is 4.79 Å². The zero-order chi connectivity index (χ0) is 7.40. The predicted molar refractivity (Wildman–Crippen MR) is 40.5 cm³/mol. The van der Waals surface area contributed by atoms with E-state index >= 15 is 0 Å². The van der Waals surface area contributed by atoms with E-state index in [1.54, 1.807) is 6.92 Å². The van der Waals surface area contributed by atoms with Crippen LogP contribution < -0.4 is 5.32 Å². The average Bonchev–Trinajstić information content (AvgIpc) is 1.88. The minimum Gasteiger partial charge on any atom is -0.387 e. The fourth-order valence-corrected chi connectivity index (χ4v) is 0.911. The van der Waals surface area contributed by atoms with Gasteiger partial charge < -0.3 is 5.32 Å². The molecule has 0 amide bonds. The van der Waals surface area contributed by atoms with Crippen molar-refractivity contribution in [2.75, 3.05) is 6.54 Å². The van der Waals surface area contributed by atoms with E-state index in [2.05, 4.69) is 5.32 Å². The SMILES string of the molecule is CC(=O)CC1=CCNC=C1. The van der Waals surface area contributed by atoms with Gasteiger partial charge in [0.1, 0.15) is 5.78 Å². The first-order chi connectivity index (χ1) is 4.79. The van der Waals surface area contributed by atoms with Gasteiger partial charge in [0.25, 0.3) is 0 Å². The monoisotopic (exact) mass is 137 g/mol. The Morgan fingerprint density at radius 1 is 1.80 bits per heavy atom. The smallest absolute Gasteiger partial charge is 0.134 e. The maximum atomic E-state index is 10.6. The summed E-state index contributed by atoms with van der Waals surface area (Å²) in [5, 5.41) is 3.02. The van der Waals surface area contributed by atoms with E-state index in [1.807, 2.05) is 18.4 Å². The van der Waals surface area contributed by atoms with E-state index in [9.17, 15) is 4.79 Å². The molecule has 1 aliphatic heterocycles. The van der Waals surface area contributed by atoms with Crippen LogP contribution in [0.2, 0.25) is 0 Å². The molecule has 1 N–H and O–H groups in total. The zero-order valence-corrected chi connectivity index (χ0v) is 6.05. The van der Waals surface area contributed by atoms with Crippen LogP contribution in [0.1, 0.15) is 13.3 Å². The maximum absolute atomic E-state index is 10.6. The van der Waals surface area contributed by atoms with Crippen molar-refractivity contribution in [3.63, 3.8) is 0 Å². The van der Waals surface area contributed by atoms with Crippen molar-refractivity contribution in [2.45, 2.75) is 13.3 Å². The van der Waals surface area contributed by atoms with E-state index in [-0.39, 0.29) is 5.78 Å². The highest BCUT2D eigenvalue weighted by molar-refractivity contribution is 5.78. The number of ketones is 1. The molecule has 0 saturated heterocycles. The lowest BCUT2D eigenvalue weighted by Gasteiger charge is -2.05. The molecule has 54 valence electrons. The third-order valence-electron chi connectivity index (χ3n) is 1.35. The molecule has 0 saturated carbocycles. The van der Waals surface area contributed by atoms with E-state index in [1.165, 1.54) is 0 Å². The summed E-state index contributed by atoms with van der Waals surface area (Å²) in [6, 6.07) is 0. The normalized spacial score (nSPS) is 15.9. The quantitative estimate of drug-likeness (QED) is 0.615. The van der Waals surface area contributed by atoms with Crippen LogP contribution in [-0.4, -0.2) is 12.3 Å². The topological polar surface area (TPSA) is 29.1 Å². The molecular weight excluding hydrogens is 126 g/mol. The van der Waals surface area contributed by atoms with E-state index in [0.29, 0.717) is 6.42 Å². The van der Waals surface area contributed by atoms with Gasteiger partial charge in [0.05, 0.1) is 0 Å². The number of allylic oxidation sites excluding steroid dienone is 2. The Kier molecular flexibility index (Phi) is 2.26. The summed E-state index contributed by atoms with van der Waals surface area (Å²) in [6.45, 7) is 2.45. The summed E-state index contributed by atoms with van der Waals surface area (Å²) in [7, 11) is 0. The van der Waals surface area contributed by atoms with Gasteiger partial charge in [0.15, 0.2) is 0 Å². The molecule has 0 fully saturated rings. The highest BCUT2D eigenvalue weighted by atomic mass is 16.1. The number of carbonyl (C=O) groups is 1. The summed E-state index contributed by atoms with van der Waals surface area (Å²) in [6.07, 6.45) is 6.41. The molecule has 2 nitrogen and oxygen atoms in total. The summed E-state index contributed by atoms with van der Waals surface area (Å²) < 4.78 is 0. The highest BCUT2D eigenvalue weighted by Crippen LogP contribution is 2.05. The molecular formula is C8H11NO. The van der Waals surface area contributed by atoms with Gasteiger partial charge in [0, 0.05) is 13.0 Å². The third kappa shape index (κ3) is 2.05. The minimum atomic E-state index is 0.220. The largest absolute Gasteiger partial charge is 0.387 e. The van der Waals surface area contributed by atoms with Gasteiger partial charge in [-0.25, -0.2) is 0 Å². The van der Waals surface area contributed by atoms with Gasteiger partial charge in [-0.05, 0) is 24.8 Å². The van der Waals surface area contributed by atoms with E-state index < -0.39 is 0 Å². The van der Waals surface area contributed by atoms with Crippen molar-refractivity contribution in [1.82, 2.24) is 5.32 Å². The summed E-state index contributed by atoms with van der Waals surface area (Å²) in [4.78, 5) is 10.6. The van der Waals surface area contributed by atoms with Crippen molar-refractivity contribution in [1.29, 1.82) is 0 Å². The Bertz CT molecular complexity index is 191. The second-order valence-corrected chi connectivity index (χ2v) is 2.40. The van der Waals surface area contributed by atoms with E-state index in [4.69, 9.17) is 0 Å². The van der Waals surface area contributed by atoms with Gasteiger partial charge in [-0.15, -0.1) is 0 Å². The first-order valence-electron chi connectivity index (χ1n) is 3.37. The third-order valence-corrected chi connectivity index (χ3v) is 1.35. The van der Waals surface area contributed by atoms with Crippen molar-refractivity contribution in [3.05, 3.63) is 23.9 Å². The molecule has 0 atom stereocenters. The van der Waals surface area contributed by atoms with Gasteiger partial charge in [-0.2, -0.15) is 0 Å². The summed E-state index contributed by atoms with van der Waals surface area (Å²) in [5.74, 6) is 0.220. The second-order valence-electron chi connectivity index (χ2n) is 2.40. The van der Waals surface area contributed by atoms with Crippen LogP contribution in [0, 0.1) is 0 Å². The number of hydrogen-bond acceptors (Lipinski definition) is 2. The molecule has 1 rings (SSSR count). The lowest BCUT2D eigenvalue weighted by molar-refractivity contribution is -0.116. The minimum absolute atomic E-state index is 0.220. The second kappa shape index (κ2) is 3.20. The molecule has 1 heterocycles. The maximum Gasteiger partial charge on any atom is 0.134 e. The van der Waals surface area contributed by atoms with Crippen LogP contribution in [-0.2, 0) is 4.79 Å². The molecule has 0 aromatic rings. The summed E-state index contributed by atoms with van der Waals surface area (Å²) >= 11 is 0. The Hall–Kier alpha value is -1.05. The van der Waals surface area contributed by atoms with E-state index in [0.717, 1.165) is 12.1 Å². The molecule has 1 aliphatic rings. The predicted octanol–water partition coefficient (Wildman–Crippen LogP) is 1.01. The highest BCUT2D eigenvalue weighted by Gasteiger charge is 1.98. The van der Waals surface area contributed by atoms with Crippen LogP contribution in [0.15, 0.2) is 23.9 Å². The first kappa shape index (κ1) is 7.06. The fourth-order valence-electron chi connectivity index (χ4n) is 0.911. The van der Waals surface area contributed by atoms with Crippen LogP contribution in [0.25, 0.3) is 0 Å². The van der Waals surface area contributed by atoms with Crippen LogP contribution >= 0.6 is 0 Å². The Labute approximate surface area is 60.6 Å². The standard InChI is InChI=1S/C8H11NO/c1-7(10)6-8-2-4-9-5-3-8/h2-4,9H,5-6H2,1H3. The number of nitrogens with one attached hydrogen (secondary N) is 1. The Balaban J connectivity index is 2.48. The van der Waals surface area contributed by atoms with Gasteiger partial charge in [-0.3, -0.25) is 4.79 Å². The molecule has 0 aliphatic carbocycles. The molecule has 0 radical (unpaired) electrons. The number of Topliss-reactive ketones (excluding diaryl/α,β-unsaturated/α-hetero) is 1. The molecule has 0 spiro atoms. The van der Waals surface area contributed by atoms with Crippen LogP contribution in [0.4, 0.5) is 0 Å². The van der Waals surface area contributed by atoms with Gasteiger partial charge in [0.2, 0.25) is 0 Å². The van der Waals surface area contributed by atoms with Crippen molar-refractivity contribution >= 4 is 5.78 Å². The lowest BCUT2D eigenvalue weighted by atomic mass is 10.1. The van der Waals surface area contributed by atoms with Crippen molar-refractivity contribution in [2.24, 2.45) is 0 Å². The molecule has 0 aromatic carbocycles. The molecule has 0 aromatic heterocycles. The molecule has 2 heteroatoms. The number of carbonyl (C=O) groups excluding carboxylic acids is 1.